The quantitative estimate of drug-likeness (QED) is 0.311. The number of guanidine groups is 1. The molecule has 0 amide bonds. The molecule has 0 bridgehead atoms. The second-order valence-corrected chi connectivity index (χ2v) is 6.78. The van der Waals surface area contributed by atoms with Gasteiger partial charge >= 0.3 is 0 Å². The van der Waals surface area contributed by atoms with Gasteiger partial charge in [-0.2, -0.15) is 16.9 Å². The number of aromatic nitrogens is 2. The number of aliphatic imine (C=N–C) groups is 1. The van der Waals surface area contributed by atoms with Crippen molar-refractivity contribution in [1.29, 1.82) is 0 Å². The fourth-order valence-electron chi connectivity index (χ4n) is 2.71. The maximum absolute atomic E-state index is 4.32. The molecule has 5 nitrogen and oxygen atoms in total. The van der Waals surface area contributed by atoms with Gasteiger partial charge in [-0.25, -0.2) is 0 Å². The molecule has 1 aromatic rings. The largest absolute Gasteiger partial charge is 0.356 e. The molecular weight excluding hydrogens is 409 g/mol. The van der Waals surface area contributed by atoms with Gasteiger partial charge < -0.3 is 10.6 Å². The van der Waals surface area contributed by atoms with E-state index in [-0.39, 0.29) is 24.0 Å². The summed E-state index contributed by atoms with van der Waals surface area (Å²) in [6, 6.07) is 0.572. The van der Waals surface area contributed by atoms with E-state index in [9.17, 15) is 0 Å². The standard InChI is InChI=1S/C15H27N5S.HI/c1-12-10-18-20(11-12)8-4-7-17-15(16-2)19-13-5-6-14(9-13)21-3;/h10-11,13-14H,4-9H2,1-3H3,(H2,16,17,19);1H. The van der Waals surface area contributed by atoms with E-state index in [2.05, 4.69) is 40.1 Å². The minimum Gasteiger partial charge on any atom is -0.356 e. The first-order chi connectivity index (χ1) is 10.2. The minimum absolute atomic E-state index is 0. The van der Waals surface area contributed by atoms with Gasteiger partial charge in [0.25, 0.3) is 0 Å². The molecule has 2 rings (SSSR count). The summed E-state index contributed by atoms with van der Waals surface area (Å²) in [5, 5.41) is 12.0. The van der Waals surface area contributed by atoms with E-state index in [1.54, 1.807) is 0 Å². The minimum atomic E-state index is 0. The molecule has 1 heterocycles. The Kier molecular flexibility index (Phi) is 9.23. The molecule has 2 atom stereocenters. The molecule has 2 unspecified atom stereocenters. The number of aryl methyl sites for hydroxylation is 2. The number of nitrogens with zero attached hydrogens (tertiary/aromatic N) is 3. The summed E-state index contributed by atoms with van der Waals surface area (Å²) in [4.78, 5) is 4.32. The van der Waals surface area contributed by atoms with Gasteiger partial charge in [0.05, 0.1) is 6.20 Å². The number of rotatable bonds is 6. The van der Waals surface area contributed by atoms with E-state index in [4.69, 9.17) is 0 Å². The van der Waals surface area contributed by atoms with Crippen LogP contribution in [0.1, 0.15) is 31.2 Å². The van der Waals surface area contributed by atoms with Crippen molar-refractivity contribution >= 4 is 41.7 Å². The Hall–Kier alpha value is -0.440. The van der Waals surface area contributed by atoms with Crippen LogP contribution in [0, 0.1) is 6.92 Å². The molecule has 7 heteroatoms. The Morgan fingerprint density at radius 1 is 1.50 bits per heavy atom. The van der Waals surface area contributed by atoms with Gasteiger partial charge in [-0.05, 0) is 44.4 Å². The number of halogens is 1. The lowest BCUT2D eigenvalue weighted by atomic mass is 10.2. The van der Waals surface area contributed by atoms with Gasteiger partial charge in [-0.15, -0.1) is 24.0 Å². The van der Waals surface area contributed by atoms with Crippen LogP contribution in [0.25, 0.3) is 0 Å². The van der Waals surface area contributed by atoms with Crippen molar-refractivity contribution in [2.24, 2.45) is 4.99 Å². The molecule has 0 spiro atoms. The summed E-state index contributed by atoms with van der Waals surface area (Å²) >= 11 is 1.98. The maximum Gasteiger partial charge on any atom is 0.191 e. The topological polar surface area (TPSA) is 54.2 Å². The molecule has 0 radical (unpaired) electrons. The van der Waals surface area contributed by atoms with E-state index in [0.29, 0.717) is 6.04 Å². The zero-order chi connectivity index (χ0) is 15.1. The first-order valence-electron chi connectivity index (χ1n) is 7.70. The van der Waals surface area contributed by atoms with Gasteiger partial charge in [-0.1, -0.05) is 0 Å². The van der Waals surface area contributed by atoms with E-state index in [1.807, 2.05) is 29.7 Å². The summed E-state index contributed by atoms with van der Waals surface area (Å²) in [6.07, 6.45) is 11.0. The lowest BCUT2D eigenvalue weighted by molar-refractivity contribution is 0.562. The Morgan fingerprint density at radius 2 is 2.32 bits per heavy atom. The summed E-state index contributed by atoms with van der Waals surface area (Å²) < 4.78 is 1.99. The second kappa shape index (κ2) is 10.4. The average molecular weight is 437 g/mol. The van der Waals surface area contributed by atoms with Gasteiger partial charge in [-0.3, -0.25) is 9.67 Å². The molecule has 1 aromatic heterocycles. The lowest BCUT2D eigenvalue weighted by Crippen LogP contribution is -2.43. The molecule has 2 N–H and O–H groups in total. The van der Waals surface area contributed by atoms with Gasteiger partial charge in [0, 0.05) is 37.6 Å². The SMILES string of the molecule is CN=C(NCCCn1cc(C)cn1)NC1CCC(SC)C1.I. The average Bonchev–Trinajstić information content (AvgIpc) is 3.11. The van der Waals surface area contributed by atoms with E-state index in [0.717, 1.165) is 30.7 Å². The van der Waals surface area contributed by atoms with Crippen LogP contribution in [0.5, 0.6) is 0 Å². The highest BCUT2D eigenvalue weighted by atomic mass is 127. The Labute approximate surface area is 155 Å². The van der Waals surface area contributed by atoms with Crippen LogP contribution < -0.4 is 10.6 Å². The van der Waals surface area contributed by atoms with Crippen molar-refractivity contribution in [2.75, 3.05) is 19.8 Å². The van der Waals surface area contributed by atoms with Crippen molar-refractivity contribution in [3.8, 4) is 0 Å². The molecular formula is C15H28IN5S. The Bertz CT molecular complexity index is 463. The van der Waals surface area contributed by atoms with Gasteiger partial charge in [0.2, 0.25) is 0 Å². The molecule has 126 valence electrons. The van der Waals surface area contributed by atoms with Crippen molar-refractivity contribution in [3.63, 3.8) is 0 Å². The van der Waals surface area contributed by atoms with Crippen LogP contribution in [0.3, 0.4) is 0 Å². The highest BCUT2D eigenvalue weighted by Gasteiger charge is 2.24. The highest BCUT2D eigenvalue weighted by Crippen LogP contribution is 2.27. The zero-order valence-electron chi connectivity index (χ0n) is 13.7. The van der Waals surface area contributed by atoms with Crippen LogP contribution in [0.4, 0.5) is 0 Å². The third kappa shape index (κ3) is 6.36. The second-order valence-electron chi connectivity index (χ2n) is 5.65. The number of thioether (sulfide) groups is 1. The first-order valence-corrected chi connectivity index (χ1v) is 8.99. The molecule has 1 fully saturated rings. The molecule has 1 aliphatic carbocycles. The summed E-state index contributed by atoms with van der Waals surface area (Å²) in [7, 11) is 1.84. The number of hydrogen-bond acceptors (Lipinski definition) is 3. The monoisotopic (exact) mass is 437 g/mol. The van der Waals surface area contributed by atoms with Crippen molar-refractivity contribution in [3.05, 3.63) is 18.0 Å². The number of hydrogen-bond donors (Lipinski definition) is 2. The summed E-state index contributed by atoms with van der Waals surface area (Å²) in [6.45, 7) is 3.92. The summed E-state index contributed by atoms with van der Waals surface area (Å²) in [5.41, 5.74) is 1.21. The normalized spacial score (nSPS) is 21.5. The van der Waals surface area contributed by atoms with Crippen molar-refractivity contribution in [2.45, 2.75) is 50.4 Å². The first kappa shape index (κ1) is 19.6. The molecule has 1 saturated carbocycles. The molecule has 0 aromatic carbocycles. The molecule has 1 aliphatic rings. The number of nitrogens with one attached hydrogen (secondary N) is 2. The van der Waals surface area contributed by atoms with E-state index >= 15 is 0 Å². The van der Waals surface area contributed by atoms with Crippen LogP contribution in [-0.2, 0) is 6.54 Å². The zero-order valence-corrected chi connectivity index (χ0v) is 16.9. The van der Waals surface area contributed by atoms with Gasteiger partial charge in [0.15, 0.2) is 5.96 Å². The lowest BCUT2D eigenvalue weighted by Gasteiger charge is -2.17. The van der Waals surface area contributed by atoms with Crippen molar-refractivity contribution < 1.29 is 0 Å². The van der Waals surface area contributed by atoms with Crippen LogP contribution in [0.2, 0.25) is 0 Å². The third-order valence-corrected chi connectivity index (χ3v) is 5.00. The summed E-state index contributed by atoms with van der Waals surface area (Å²) in [5.74, 6) is 0.929. The smallest absolute Gasteiger partial charge is 0.191 e. The van der Waals surface area contributed by atoms with E-state index < -0.39 is 0 Å². The molecule has 0 saturated heterocycles. The fraction of sp³-hybridized carbons (Fsp3) is 0.733. The van der Waals surface area contributed by atoms with Crippen LogP contribution in [0.15, 0.2) is 17.4 Å². The predicted octanol–water partition coefficient (Wildman–Crippen LogP) is 2.65. The van der Waals surface area contributed by atoms with Gasteiger partial charge in [0.1, 0.15) is 0 Å². The van der Waals surface area contributed by atoms with E-state index in [1.165, 1.54) is 24.8 Å². The van der Waals surface area contributed by atoms with Crippen LogP contribution >= 0.6 is 35.7 Å². The van der Waals surface area contributed by atoms with Crippen molar-refractivity contribution in [1.82, 2.24) is 20.4 Å². The molecule has 0 aliphatic heterocycles. The maximum atomic E-state index is 4.32. The third-order valence-electron chi connectivity index (χ3n) is 3.90. The Balaban J connectivity index is 0.00000242. The predicted molar refractivity (Wildman–Crippen MR) is 106 cm³/mol. The Morgan fingerprint density at radius 3 is 2.91 bits per heavy atom. The fourth-order valence-corrected chi connectivity index (χ4v) is 3.51. The highest BCUT2D eigenvalue weighted by molar-refractivity contribution is 14.0. The molecule has 22 heavy (non-hydrogen) atoms. The van der Waals surface area contributed by atoms with Crippen LogP contribution in [-0.4, -0.2) is 46.9 Å².